The van der Waals surface area contributed by atoms with Gasteiger partial charge in [-0.25, -0.2) is 8.78 Å². The number of ether oxygens (including phenoxy) is 1. The third-order valence-electron chi connectivity index (χ3n) is 3.96. The lowest BCUT2D eigenvalue weighted by molar-refractivity contribution is 0.0980. The molecule has 1 N–H and O–H groups in total. The van der Waals surface area contributed by atoms with Crippen LogP contribution >= 0.6 is 0 Å². The summed E-state index contributed by atoms with van der Waals surface area (Å²) in [5.41, 5.74) is 1.85. The van der Waals surface area contributed by atoms with E-state index < -0.39 is 11.6 Å². The molecule has 3 rings (SSSR count). The summed E-state index contributed by atoms with van der Waals surface area (Å²) in [5, 5.41) is 3.45. The van der Waals surface area contributed by atoms with Gasteiger partial charge < -0.3 is 14.6 Å². The van der Waals surface area contributed by atoms with E-state index in [1.165, 1.54) is 11.8 Å². The lowest BCUT2D eigenvalue weighted by Gasteiger charge is -2.20. The van der Waals surface area contributed by atoms with Crippen LogP contribution in [0.2, 0.25) is 0 Å². The maximum atomic E-state index is 13.4. The maximum Gasteiger partial charge on any atom is 0.159 e. The first kappa shape index (κ1) is 14.2. The predicted molar refractivity (Wildman–Crippen MR) is 75.7 cm³/mol. The zero-order valence-corrected chi connectivity index (χ0v) is 11.9. The molecule has 112 valence electrons. The van der Waals surface area contributed by atoms with Crippen LogP contribution in [-0.4, -0.2) is 17.2 Å². The highest BCUT2D eigenvalue weighted by molar-refractivity contribution is 5.22. The van der Waals surface area contributed by atoms with Gasteiger partial charge in [-0.05, 0) is 36.2 Å². The minimum absolute atomic E-state index is 0.102. The zero-order chi connectivity index (χ0) is 14.8. The Morgan fingerprint density at radius 2 is 2.14 bits per heavy atom. The third-order valence-corrected chi connectivity index (χ3v) is 3.96. The Bertz CT molecular complexity index is 626. The van der Waals surface area contributed by atoms with Crippen molar-refractivity contribution in [2.24, 2.45) is 7.05 Å². The number of benzene rings is 1. The van der Waals surface area contributed by atoms with Gasteiger partial charge >= 0.3 is 0 Å². The number of hydrogen-bond acceptors (Lipinski definition) is 2. The van der Waals surface area contributed by atoms with E-state index in [1.807, 2.05) is 19.3 Å². The molecular weight excluding hydrogens is 274 g/mol. The van der Waals surface area contributed by atoms with Crippen molar-refractivity contribution >= 4 is 0 Å². The van der Waals surface area contributed by atoms with Crippen molar-refractivity contribution in [1.29, 1.82) is 0 Å². The first-order valence-corrected chi connectivity index (χ1v) is 7.05. The Morgan fingerprint density at radius 1 is 1.29 bits per heavy atom. The van der Waals surface area contributed by atoms with E-state index in [4.69, 9.17) is 4.74 Å². The Labute approximate surface area is 122 Å². The molecule has 5 heteroatoms. The zero-order valence-electron chi connectivity index (χ0n) is 11.9. The van der Waals surface area contributed by atoms with Crippen molar-refractivity contribution in [2.75, 3.05) is 6.61 Å². The summed E-state index contributed by atoms with van der Waals surface area (Å²) >= 11 is 0. The van der Waals surface area contributed by atoms with E-state index in [2.05, 4.69) is 16.0 Å². The van der Waals surface area contributed by atoms with Crippen molar-refractivity contribution in [1.82, 2.24) is 9.88 Å². The second-order valence-corrected chi connectivity index (χ2v) is 5.35. The smallest absolute Gasteiger partial charge is 0.159 e. The topological polar surface area (TPSA) is 26.2 Å². The minimum atomic E-state index is -0.829. The molecule has 2 atom stereocenters. The molecule has 2 aromatic rings. The molecule has 0 radical (unpaired) electrons. The van der Waals surface area contributed by atoms with E-state index >= 15 is 0 Å². The second-order valence-electron chi connectivity index (χ2n) is 5.35. The summed E-state index contributed by atoms with van der Waals surface area (Å²) in [4.78, 5) is 0. The predicted octanol–water partition coefficient (Wildman–Crippen LogP) is 2.92. The monoisotopic (exact) mass is 292 g/mol. The number of nitrogens with zero attached hydrogens (tertiary/aromatic N) is 1. The number of aryl methyl sites for hydroxylation is 1. The van der Waals surface area contributed by atoms with Gasteiger partial charge in [-0.2, -0.15) is 0 Å². The van der Waals surface area contributed by atoms with Crippen LogP contribution in [0.25, 0.3) is 0 Å². The molecule has 1 aliphatic rings. The Kier molecular flexibility index (Phi) is 4.03. The summed E-state index contributed by atoms with van der Waals surface area (Å²) in [6.45, 7) is 1.34. The molecule has 0 bridgehead atoms. The first-order chi connectivity index (χ1) is 10.1. The van der Waals surface area contributed by atoms with Gasteiger partial charge in [0.05, 0.1) is 6.10 Å². The number of hydrogen-bond donors (Lipinski definition) is 1. The molecule has 1 fully saturated rings. The number of halogens is 2. The van der Waals surface area contributed by atoms with Crippen LogP contribution in [-0.2, 0) is 18.3 Å². The first-order valence-electron chi connectivity index (χ1n) is 7.05. The molecule has 0 spiro atoms. The van der Waals surface area contributed by atoms with Crippen LogP contribution in [0.3, 0.4) is 0 Å². The highest BCUT2D eigenvalue weighted by Gasteiger charge is 2.29. The standard InChI is InChI=1S/C16H18F2N2O/c1-20-7-2-3-12(20)10-19-15-6-8-21-16(15)11-4-5-13(17)14(18)9-11/h2-5,7,9,15-16,19H,6,8,10H2,1H3/t15-,16+/m0/s1. The normalized spacial score (nSPS) is 21.9. The molecule has 1 saturated heterocycles. The fourth-order valence-electron chi connectivity index (χ4n) is 2.73. The fourth-order valence-corrected chi connectivity index (χ4v) is 2.73. The lowest BCUT2D eigenvalue weighted by Crippen LogP contribution is -2.31. The van der Waals surface area contributed by atoms with E-state index in [1.54, 1.807) is 6.07 Å². The molecule has 0 unspecified atom stereocenters. The van der Waals surface area contributed by atoms with Gasteiger partial charge in [0.25, 0.3) is 0 Å². The van der Waals surface area contributed by atoms with Crippen molar-refractivity contribution in [3.05, 3.63) is 59.4 Å². The van der Waals surface area contributed by atoms with Gasteiger partial charge in [0.1, 0.15) is 0 Å². The lowest BCUT2D eigenvalue weighted by atomic mass is 10.0. The minimum Gasteiger partial charge on any atom is -0.372 e. The fraction of sp³-hybridized carbons (Fsp3) is 0.375. The Morgan fingerprint density at radius 3 is 2.86 bits per heavy atom. The number of aromatic nitrogens is 1. The molecule has 0 amide bonds. The van der Waals surface area contributed by atoms with Crippen LogP contribution in [0.5, 0.6) is 0 Å². The van der Waals surface area contributed by atoms with Gasteiger partial charge in [0, 0.05) is 38.1 Å². The quantitative estimate of drug-likeness (QED) is 0.937. The van der Waals surface area contributed by atoms with Crippen molar-refractivity contribution in [3.63, 3.8) is 0 Å². The van der Waals surface area contributed by atoms with Gasteiger partial charge in [-0.3, -0.25) is 0 Å². The highest BCUT2D eigenvalue weighted by atomic mass is 19.2. The Hall–Kier alpha value is -1.72. The van der Waals surface area contributed by atoms with Crippen molar-refractivity contribution in [2.45, 2.75) is 25.1 Å². The molecule has 2 heterocycles. The molecule has 0 saturated carbocycles. The van der Waals surface area contributed by atoms with E-state index in [-0.39, 0.29) is 12.1 Å². The average molecular weight is 292 g/mol. The van der Waals surface area contributed by atoms with Crippen LogP contribution < -0.4 is 5.32 Å². The molecule has 1 aromatic carbocycles. The summed E-state index contributed by atoms with van der Waals surface area (Å²) in [6.07, 6.45) is 2.61. The van der Waals surface area contributed by atoms with Gasteiger partial charge in [-0.15, -0.1) is 0 Å². The van der Waals surface area contributed by atoms with E-state index in [0.717, 1.165) is 19.0 Å². The largest absolute Gasteiger partial charge is 0.372 e. The molecule has 3 nitrogen and oxygen atoms in total. The SMILES string of the molecule is Cn1cccc1CN[C@H]1CCO[C@@H]1c1ccc(F)c(F)c1. The van der Waals surface area contributed by atoms with Gasteiger partial charge in [-0.1, -0.05) is 6.07 Å². The van der Waals surface area contributed by atoms with Gasteiger partial charge in [0.2, 0.25) is 0 Å². The maximum absolute atomic E-state index is 13.4. The molecule has 1 aromatic heterocycles. The molecular formula is C16H18F2N2O. The van der Waals surface area contributed by atoms with Crippen LogP contribution in [0.15, 0.2) is 36.5 Å². The summed E-state index contributed by atoms with van der Waals surface area (Å²) in [6, 6.07) is 8.11. The summed E-state index contributed by atoms with van der Waals surface area (Å²) in [5.74, 6) is -1.66. The van der Waals surface area contributed by atoms with Crippen molar-refractivity contribution < 1.29 is 13.5 Å². The average Bonchev–Trinajstić information content (AvgIpc) is 3.08. The van der Waals surface area contributed by atoms with E-state index in [9.17, 15) is 8.78 Å². The number of rotatable bonds is 4. The number of nitrogens with one attached hydrogen (secondary N) is 1. The Balaban J connectivity index is 1.70. The highest BCUT2D eigenvalue weighted by Crippen LogP contribution is 2.30. The molecule has 21 heavy (non-hydrogen) atoms. The van der Waals surface area contributed by atoms with Crippen molar-refractivity contribution in [3.8, 4) is 0 Å². The van der Waals surface area contributed by atoms with E-state index in [0.29, 0.717) is 12.2 Å². The molecule has 1 aliphatic heterocycles. The summed E-state index contributed by atoms with van der Waals surface area (Å²) < 4.78 is 34.1. The van der Waals surface area contributed by atoms with Gasteiger partial charge in [0.15, 0.2) is 11.6 Å². The second kappa shape index (κ2) is 5.95. The third kappa shape index (κ3) is 2.99. The summed E-state index contributed by atoms with van der Waals surface area (Å²) in [7, 11) is 2.00. The van der Waals surface area contributed by atoms with Crippen LogP contribution in [0.1, 0.15) is 23.8 Å². The molecule has 0 aliphatic carbocycles. The van der Waals surface area contributed by atoms with Crippen LogP contribution in [0.4, 0.5) is 8.78 Å². The van der Waals surface area contributed by atoms with Crippen LogP contribution in [0, 0.1) is 11.6 Å².